The number of nitrogens with zero attached hydrogens (tertiary/aromatic N) is 3. The van der Waals surface area contributed by atoms with Crippen molar-refractivity contribution >= 4 is 11.6 Å². The Hall–Kier alpha value is -2.76. The summed E-state index contributed by atoms with van der Waals surface area (Å²) in [7, 11) is 1.63. The number of aromatic nitrogens is 1. The molecule has 0 spiro atoms. The van der Waals surface area contributed by atoms with Gasteiger partial charge in [-0.3, -0.25) is 9.78 Å². The van der Waals surface area contributed by atoms with E-state index in [-0.39, 0.29) is 12.5 Å². The van der Waals surface area contributed by atoms with Crippen LogP contribution in [0.3, 0.4) is 0 Å². The molecule has 0 radical (unpaired) electrons. The topological polar surface area (TPSA) is 54.9 Å². The Morgan fingerprint density at radius 1 is 1.12 bits per heavy atom. The number of rotatable bonds is 5. The third kappa shape index (κ3) is 4.41. The molecule has 1 fully saturated rings. The second kappa shape index (κ2) is 7.88. The van der Waals surface area contributed by atoms with Gasteiger partial charge >= 0.3 is 0 Å². The highest BCUT2D eigenvalue weighted by Crippen LogP contribution is 2.20. The van der Waals surface area contributed by atoms with Crippen LogP contribution in [0.25, 0.3) is 0 Å². The normalized spacial score (nSPS) is 14.3. The van der Waals surface area contributed by atoms with E-state index in [1.165, 1.54) is 0 Å². The maximum Gasteiger partial charge on any atom is 0.260 e. The highest BCUT2D eigenvalue weighted by molar-refractivity contribution is 5.78. The Morgan fingerprint density at radius 3 is 2.64 bits per heavy atom. The van der Waals surface area contributed by atoms with E-state index in [1.54, 1.807) is 13.3 Å². The average molecular weight is 341 g/mol. The predicted octanol–water partition coefficient (Wildman–Crippen LogP) is 2.13. The van der Waals surface area contributed by atoms with Gasteiger partial charge in [0.1, 0.15) is 11.5 Å². The zero-order valence-corrected chi connectivity index (χ0v) is 14.6. The maximum absolute atomic E-state index is 12.4. The van der Waals surface area contributed by atoms with Crippen molar-refractivity contribution in [2.45, 2.75) is 6.92 Å². The summed E-state index contributed by atoms with van der Waals surface area (Å²) in [6.45, 7) is 4.96. The smallest absolute Gasteiger partial charge is 0.260 e. The first kappa shape index (κ1) is 17.1. The van der Waals surface area contributed by atoms with Gasteiger partial charge in [0.15, 0.2) is 6.61 Å². The fraction of sp³-hybridized carbons (Fsp3) is 0.368. The van der Waals surface area contributed by atoms with E-state index < -0.39 is 0 Å². The molecule has 2 aromatic rings. The summed E-state index contributed by atoms with van der Waals surface area (Å²) >= 11 is 0. The molecule has 6 heteroatoms. The van der Waals surface area contributed by atoms with Crippen molar-refractivity contribution in [3.63, 3.8) is 0 Å². The second-order valence-electron chi connectivity index (χ2n) is 6.06. The number of anilines is 1. The van der Waals surface area contributed by atoms with E-state index in [4.69, 9.17) is 9.47 Å². The lowest BCUT2D eigenvalue weighted by atomic mass is 10.2. The first-order chi connectivity index (χ1) is 12.2. The minimum absolute atomic E-state index is 0.0184. The van der Waals surface area contributed by atoms with Crippen molar-refractivity contribution in [1.82, 2.24) is 9.88 Å². The third-order valence-electron chi connectivity index (χ3n) is 4.28. The molecule has 1 amide bonds. The molecule has 0 bridgehead atoms. The van der Waals surface area contributed by atoms with E-state index >= 15 is 0 Å². The minimum Gasteiger partial charge on any atom is -0.495 e. The molecule has 0 atom stereocenters. The van der Waals surface area contributed by atoms with Gasteiger partial charge < -0.3 is 19.3 Å². The summed E-state index contributed by atoms with van der Waals surface area (Å²) < 4.78 is 10.8. The Morgan fingerprint density at radius 2 is 1.92 bits per heavy atom. The second-order valence-corrected chi connectivity index (χ2v) is 6.06. The summed E-state index contributed by atoms with van der Waals surface area (Å²) in [6, 6.07) is 9.69. The van der Waals surface area contributed by atoms with Crippen molar-refractivity contribution in [2.75, 3.05) is 44.8 Å². The number of hydrogen-bond acceptors (Lipinski definition) is 5. The number of hydrogen-bond donors (Lipinski definition) is 0. The van der Waals surface area contributed by atoms with E-state index in [9.17, 15) is 4.79 Å². The number of pyridine rings is 1. The molecule has 6 nitrogen and oxygen atoms in total. The number of amides is 1. The quantitative estimate of drug-likeness (QED) is 0.834. The van der Waals surface area contributed by atoms with Gasteiger partial charge in [0.25, 0.3) is 5.91 Å². The van der Waals surface area contributed by atoms with Gasteiger partial charge in [0.2, 0.25) is 0 Å². The van der Waals surface area contributed by atoms with Crippen LogP contribution in [-0.4, -0.2) is 55.7 Å². The highest BCUT2D eigenvalue weighted by Gasteiger charge is 2.22. The number of methoxy groups -OCH3 is 1. The Labute approximate surface area is 148 Å². The Kier molecular flexibility index (Phi) is 5.38. The van der Waals surface area contributed by atoms with E-state index in [0.717, 1.165) is 35.8 Å². The van der Waals surface area contributed by atoms with Gasteiger partial charge in [-0.25, -0.2) is 0 Å². The Bertz CT molecular complexity index is 727. The lowest BCUT2D eigenvalue weighted by Crippen LogP contribution is -2.50. The zero-order chi connectivity index (χ0) is 17.6. The molecule has 0 N–H and O–H groups in total. The molecule has 25 heavy (non-hydrogen) atoms. The number of piperazine rings is 1. The Balaban J connectivity index is 1.50. The number of benzene rings is 1. The number of carbonyl (C=O) groups excluding carboxylic acids is 1. The largest absolute Gasteiger partial charge is 0.495 e. The van der Waals surface area contributed by atoms with E-state index in [1.807, 2.05) is 48.4 Å². The van der Waals surface area contributed by atoms with E-state index in [2.05, 4.69) is 9.88 Å². The molecule has 0 unspecified atom stereocenters. The average Bonchev–Trinajstić information content (AvgIpc) is 2.66. The van der Waals surface area contributed by atoms with Crippen molar-refractivity contribution in [3.8, 4) is 11.5 Å². The van der Waals surface area contributed by atoms with Gasteiger partial charge in [-0.05, 0) is 24.6 Å². The summed E-state index contributed by atoms with van der Waals surface area (Å²) in [5.41, 5.74) is 2.13. The molecule has 2 heterocycles. The zero-order valence-electron chi connectivity index (χ0n) is 14.6. The summed E-state index contributed by atoms with van der Waals surface area (Å²) in [5.74, 6) is 1.49. The predicted molar refractivity (Wildman–Crippen MR) is 96.3 cm³/mol. The van der Waals surface area contributed by atoms with Gasteiger partial charge in [-0.15, -0.1) is 0 Å². The van der Waals surface area contributed by atoms with Crippen LogP contribution in [0, 0.1) is 6.92 Å². The van der Waals surface area contributed by atoms with Gasteiger partial charge in [-0.1, -0.05) is 12.1 Å². The third-order valence-corrected chi connectivity index (χ3v) is 4.28. The standard InChI is InChI=1S/C19H23N3O3/c1-15-4-3-5-17(10-15)25-14-19(23)22-8-6-21(7-9-22)16-11-18(24-2)13-20-12-16/h3-5,10-13H,6-9,14H2,1-2H3. The van der Waals surface area contributed by atoms with Crippen LogP contribution in [0.15, 0.2) is 42.7 Å². The van der Waals surface area contributed by atoms with Crippen molar-refractivity contribution in [2.24, 2.45) is 0 Å². The maximum atomic E-state index is 12.4. The fourth-order valence-corrected chi connectivity index (χ4v) is 2.85. The lowest BCUT2D eigenvalue weighted by molar-refractivity contribution is -0.133. The molecule has 1 aromatic heterocycles. The molecule has 132 valence electrons. The lowest BCUT2D eigenvalue weighted by Gasteiger charge is -2.35. The van der Waals surface area contributed by atoms with Crippen LogP contribution in [0.5, 0.6) is 11.5 Å². The number of ether oxygens (including phenoxy) is 2. The van der Waals surface area contributed by atoms with Crippen LogP contribution in [0.4, 0.5) is 5.69 Å². The van der Waals surface area contributed by atoms with Crippen LogP contribution in [-0.2, 0) is 4.79 Å². The molecule has 0 saturated carbocycles. The fourth-order valence-electron chi connectivity index (χ4n) is 2.85. The minimum atomic E-state index is 0.0184. The summed E-state index contributed by atoms with van der Waals surface area (Å²) in [4.78, 5) is 20.6. The molecule has 1 aliphatic heterocycles. The van der Waals surface area contributed by atoms with Crippen LogP contribution in [0.2, 0.25) is 0 Å². The first-order valence-corrected chi connectivity index (χ1v) is 8.37. The summed E-state index contributed by atoms with van der Waals surface area (Å²) in [5, 5.41) is 0. The van der Waals surface area contributed by atoms with Gasteiger partial charge in [-0.2, -0.15) is 0 Å². The SMILES string of the molecule is COc1cncc(N2CCN(C(=O)COc3cccc(C)c3)CC2)c1. The molecule has 1 aromatic carbocycles. The highest BCUT2D eigenvalue weighted by atomic mass is 16.5. The van der Waals surface area contributed by atoms with Crippen molar-refractivity contribution < 1.29 is 14.3 Å². The van der Waals surface area contributed by atoms with Crippen LogP contribution < -0.4 is 14.4 Å². The van der Waals surface area contributed by atoms with E-state index in [0.29, 0.717) is 13.1 Å². The molecule has 0 aliphatic carbocycles. The molecular weight excluding hydrogens is 318 g/mol. The van der Waals surface area contributed by atoms with Crippen LogP contribution >= 0.6 is 0 Å². The van der Waals surface area contributed by atoms with Crippen molar-refractivity contribution in [3.05, 3.63) is 48.3 Å². The number of aryl methyl sites for hydroxylation is 1. The monoisotopic (exact) mass is 341 g/mol. The van der Waals surface area contributed by atoms with Crippen LogP contribution in [0.1, 0.15) is 5.56 Å². The molecule has 1 saturated heterocycles. The first-order valence-electron chi connectivity index (χ1n) is 8.37. The molecule has 3 rings (SSSR count). The van der Waals surface area contributed by atoms with Crippen molar-refractivity contribution in [1.29, 1.82) is 0 Å². The molecular formula is C19H23N3O3. The van der Waals surface area contributed by atoms with Gasteiger partial charge in [0.05, 0.1) is 25.2 Å². The number of carbonyl (C=O) groups is 1. The summed E-state index contributed by atoms with van der Waals surface area (Å²) in [6.07, 6.45) is 3.51. The molecule has 1 aliphatic rings. The van der Waals surface area contributed by atoms with Gasteiger partial charge in [0, 0.05) is 32.2 Å².